The van der Waals surface area contributed by atoms with Crippen molar-refractivity contribution in [3.8, 4) is 6.07 Å². The van der Waals surface area contributed by atoms with E-state index in [1.54, 1.807) is 18.5 Å². The SMILES string of the molecule is Cn1cnnc1[C@@H]1CN(Cc2ccc(F)c(C#N)c2)CCO1. The molecule has 2 heterocycles. The van der Waals surface area contributed by atoms with Crippen LogP contribution in [0.1, 0.15) is 23.1 Å². The molecule has 0 saturated carbocycles. The van der Waals surface area contributed by atoms with Crippen LogP contribution >= 0.6 is 0 Å². The van der Waals surface area contributed by atoms with Crippen molar-refractivity contribution in [2.45, 2.75) is 12.6 Å². The fourth-order valence-corrected chi connectivity index (χ4v) is 2.60. The van der Waals surface area contributed by atoms with Crippen LogP contribution < -0.4 is 0 Å². The molecule has 1 atom stereocenters. The summed E-state index contributed by atoms with van der Waals surface area (Å²) in [7, 11) is 1.89. The second-order valence-electron chi connectivity index (χ2n) is 5.32. The van der Waals surface area contributed by atoms with E-state index in [4.69, 9.17) is 10.00 Å². The third-order valence-electron chi connectivity index (χ3n) is 3.74. The summed E-state index contributed by atoms with van der Waals surface area (Å²) in [6.45, 7) is 2.72. The van der Waals surface area contributed by atoms with E-state index in [2.05, 4.69) is 15.1 Å². The van der Waals surface area contributed by atoms with Gasteiger partial charge in [-0.1, -0.05) is 6.07 Å². The number of rotatable bonds is 3. The lowest BCUT2D eigenvalue weighted by Crippen LogP contribution is -2.38. The lowest BCUT2D eigenvalue weighted by Gasteiger charge is -2.32. The first-order valence-corrected chi connectivity index (χ1v) is 7.03. The van der Waals surface area contributed by atoms with E-state index in [1.165, 1.54) is 6.07 Å². The number of aromatic nitrogens is 3. The van der Waals surface area contributed by atoms with Gasteiger partial charge in [0.25, 0.3) is 0 Å². The van der Waals surface area contributed by atoms with Gasteiger partial charge < -0.3 is 9.30 Å². The molecule has 0 N–H and O–H groups in total. The maximum absolute atomic E-state index is 13.4. The minimum Gasteiger partial charge on any atom is -0.368 e. The van der Waals surface area contributed by atoms with Crippen LogP contribution in [0, 0.1) is 17.1 Å². The highest BCUT2D eigenvalue weighted by Gasteiger charge is 2.25. The van der Waals surface area contributed by atoms with Crippen LogP contribution in [0.4, 0.5) is 4.39 Å². The van der Waals surface area contributed by atoms with Gasteiger partial charge in [0.2, 0.25) is 0 Å². The van der Waals surface area contributed by atoms with Crippen LogP contribution in [0.3, 0.4) is 0 Å². The molecule has 114 valence electrons. The van der Waals surface area contributed by atoms with Crippen molar-refractivity contribution in [2.24, 2.45) is 7.05 Å². The standard InChI is InChI=1S/C15H16FN5O/c1-20-10-18-19-15(20)14-9-21(4-5-22-14)8-11-2-3-13(16)12(6-11)7-17/h2-3,6,10,14H,4-5,8-9H2,1H3/t14-/m0/s1. The monoisotopic (exact) mass is 301 g/mol. The first-order chi connectivity index (χ1) is 10.7. The number of halogens is 1. The zero-order valence-electron chi connectivity index (χ0n) is 12.2. The summed E-state index contributed by atoms with van der Waals surface area (Å²) in [6, 6.07) is 6.52. The fraction of sp³-hybridized carbons (Fsp3) is 0.400. The van der Waals surface area contributed by atoms with Crippen molar-refractivity contribution >= 4 is 0 Å². The van der Waals surface area contributed by atoms with E-state index in [0.717, 1.165) is 17.9 Å². The third-order valence-corrected chi connectivity index (χ3v) is 3.74. The van der Waals surface area contributed by atoms with E-state index >= 15 is 0 Å². The van der Waals surface area contributed by atoms with E-state index in [0.29, 0.717) is 19.7 Å². The van der Waals surface area contributed by atoms with Gasteiger partial charge in [-0.3, -0.25) is 4.90 Å². The van der Waals surface area contributed by atoms with Gasteiger partial charge in [-0.15, -0.1) is 10.2 Å². The molecule has 0 amide bonds. The van der Waals surface area contributed by atoms with Crippen LogP contribution in [0.5, 0.6) is 0 Å². The van der Waals surface area contributed by atoms with E-state index in [9.17, 15) is 4.39 Å². The number of hydrogen-bond donors (Lipinski definition) is 0. The summed E-state index contributed by atoms with van der Waals surface area (Å²) in [4.78, 5) is 2.21. The zero-order chi connectivity index (χ0) is 15.5. The lowest BCUT2D eigenvalue weighted by molar-refractivity contribution is -0.0385. The Labute approximate surface area is 127 Å². The number of nitriles is 1. The van der Waals surface area contributed by atoms with Crippen molar-refractivity contribution in [2.75, 3.05) is 19.7 Å². The number of ether oxygens (including phenoxy) is 1. The summed E-state index contributed by atoms with van der Waals surface area (Å²) < 4.78 is 21.0. The molecule has 0 unspecified atom stereocenters. The average Bonchev–Trinajstić information content (AvgIpc) is 2.95. The molecule has 1 aliphatic rings. The molecule has 6 nitrogen and oxygen atoms in total. The maximum Gasteiger partial charge on any atom is 0.163 e. The Morgan fingerprint density at radius 1 is 1.50 bits per heavy atom. The van der Waals surface area contributed by atoms with E-state index < -0.39 is 5.82 Å². The van der Waals surface area contributed by atoms with Crippen molar-refractivity contribution in [1.29, 1.82) is 5.26 Å². The predicted octanol–water partition coefficient (Wildman–Crippen LogP) is 1.40. The molecule has 22 heavy (non-hydrogen) atoms. The minimum atomic E-state index is -0.481. The summed E-state index contributed by atoms with van der Waals surface area (Å²) in [5, 5.41) is 16.9. The van der Waals surface area contributed by atoms with Crippen LogP contribution in [0.15, 0.2) is 24.5 Å². The van der Waals surface area contributed by atoms with E-state index in [1.807, 2.05) is 17.7 Å². The Morgan fingerprint density at radius 3 is 3.09 bits per heavy atom. The summed E-state index contributed by atoms with van der Waals surface area (Å²) in [5.74, 6) is 0.312. The van der Waals surface area contributed by atoms with Crippen molar-refractivity contribution < 1.29 is 9.13 Å². The highest BCUT2D eigenvalue weighted by molar-refractivity contribution is 5.34. The zero-order valence-corrected chi connectivity index (χ0v) is 12.2. The summed E-state index contributed by atoms with van der Waals surface area (Å²) in [5.41, 5.74) is 0.993. The van der Waals surface area contributed by atoms with Crippen molar-refractivity contribution in [1.82, 2.24) is 19.7 Å². The Kier molecular flexibility index (Phi) is 4.13. The summed E-state index contributed by atoms with van der Waals surface area (Å²) in [6.07, 6.45) is 1.52. The van der Waals surface area contributed by atoms with Gasteiger partial charge in [0.05, 0.1) is 12.2 Å². The Hall–Kier alpha value is -2.30. The highest BCUT2D eigenvalue weighted by atomic mass is 19.1. The molecular weight excluding hydrogens is 285 g/mol. The molecule has 3 rings (SSSR count). The van der Waals surface area contributed by atoms with Gasteiger partial charge in [0.1, 0.15) is 24.3 Å². The van der Waals surface area contributed by atoms with E-state index in [-0.39, 0.29) is 11.7 Å². The molecule has 1 aromatic carbocycles. The molecule has 1 saturated heterocycles. The van der Waals surface area contributed by atoms with Gasteiger partial charge in [-0.2, -0.15) is 5.26 Å². The van der Waals surface area contributed by atoms with Gasteiger partial charge in [0, 0.05) is 26.7 Å². The minimum absolute atomic E-state index is 0.0793. The van der Waals surface area contributed by atoms with Crippen LogP contribution in [-0.4, -0.2) is 39.4 Å². The van der Waals surface area contributed by atoms with Gasteiger partial charge in [0.15, 0.2) is 5.82 Å². The molecule has 0 radical (unpaired) electrons. The summed E-state index contributed by atoms with van der Waals surface area (Å²) >= 11 is 0. The molecule has 1 aliphatic heterocycles. The fourth-order valence-electron chi connectivity index (χ4n) is 2.60. The smallest absolute Gasteiger partial charge is 0.163 e. The van der Waals surface area contributed by atoms with Crippen molar-refractivity contribution in [3.05, 3.63) is 47.3 Å². The quantitative estimate of drug-likeness (QED) is 0.857. The Morgan fingerprint density at radius 2 is 2.36 bits per heavy atom. The topological polar surface area (TPSA) is 67.0 Å². The second-order valence-corrected chi connectivity index (χ2v) is 5.32. The maximum atomic E-state index is 13.4. The number of nitrogens with zero attached hydrogens (tertiary/aromatic N) is 5. The van der Waals surface area contributed by atoms with Gasteiger partial charge >= 0.3 is 0 Å². The average molecular weight is 301 g/mol. The number of hydrogen-bond acceptors (Lipinski definition) is 5. The molecule has 2 aromatic rings. The van der Waals surface area contributed by atoms with Crippen LogP contribution in [0.2, 0.25) is 0 Å². The van der Waals surface area contributed by atoms with Crippen LogP contribution in [-0.2, 0) is 18.3 Å². The Balaban J connectivity index is 1.71. The van der Waals surface area contributed by atoms with Crippen LogP contribution in [0.25, 0.3) is 0 Å². The first-order valence-electron chi connectivity index (χ1n) is 7.03. The highest BCUT2D eigenvalue weighted by Crippen LogP contribution is 2.21. The Bertz CT molecular complexity index is 708. The first kappa shape index (κ1) is 14.6. The third kappa shape index (κ3) is 2.98. The lowest BCUT2D eigenvalue weighted by atomic mass is 10.1. The molecule has 0 bridgehead atoms. The van der Waals surface area contributed by atoms with Crippen molar-refractivity contribution in [3.63, 3.8) is 0 Å². The molecule has 0 aliphatic carbocycles. The predicted molar refractivity (Wildman–Crippen MR) is 76.1 cm³/mol. The molecular formula is C15H16FN5O. The van der Waals surface area contributed by atoms with Gasteiger partial charge in [-0.25, -0.2) is 4.39 Å². The van der Waals surface area contributed by atoms with Gasteiger partial charge in [-0.05, 0) is 17.7 Å². The number of aryl methyl sites for hydroxylation is 1. The normalized spacial score (nSPS) is 19.0. The molecule has 7 heteroatoms. The molecule has 0 spiro atoms. The molecule has 1 aromatic heterocycles. The largest absolute Gasteiger partial charge is 0.368 e. The number of benzene rings is 1. The number of morpholine rings is 1. The second kappa shape index (κ2) is 6.22. The molecule has 1 fully saturated rings.